The fourth-order valence-electron chi connectivity index (χ4n) is 3.14. The molecule has 4 aromatic rings. The molecule has 5 nitrogen and oxygen atoms in total. The summed E-state index contributed by atoms with van der Waals surface area (Å²) >= 11 is 5.45. The maximum absolute atomic E-state index is 6.39. The molecule has 0 saturated carbocycles. The predicted molar refractivity (Wildman–Crippen MR) is 104 cm³/mol. The second-order valence-corrected chi connectivity index (χ2v) is 6.29. The van der Waals surface area contributed by atoms with Crippen molar-refractivity contribution in [2.75, 3.05) is 12.8 Å². The molecular weight excluding hydrogens is 332 g/mol. The van der Waals surface area contributed by atoms with Crippen molar-refractivity contribution in [1.82, 2.24) is 14.5 Å². The maximum atomic E-state index is 6.39. The van der Waals surface area contributed by atoms with Gasteiger partial charge in [0.1, 0.15) is 11.6 Å². The number of aromatic nitrogens is 3. The van der Waals surface area contributed by atoms with E-state index in [0.29, 0.717) is 17.1 Å². The molecule has 0 aliphatic rings. The molecule has 0 fully saturated rings. The Morgan fingerprint density at radius 3 is 2.88 bits per heavy atom. The molecule has 4 rings (SSSR count). The topological polar surface area (TPSA) is 68.9 Å². The number of para-hydroxylation sites is 1. The molecule has 0 radical (unpaired) electrons. The van der Waals surface area contributed by atoms with Crippen LogP contribution in [0.1, 0.15) is 5.56 Å². The molecular formula is C19H18N4OS. The first-order chi connectivity index (χ1) is 12.2. The van der Waals surface area contributed by atoms with Crippen LogP contribution in [-0.4, -0.2) is 21.6 Å². The lowest BCUT2D eigenvalue weighted by molar-refractivity contribution is 0.415. The van der Waals surface area contributed by atoms with Crippen LogP contribution in [0.15, 0.2) is 48.7 Å². The highest BCUT2D eigenvalue weighted by atomic mass is 32.1. The minimum absolute atomic E-state index is 0.495. The number of nitrogen functional groups attached to an aromatic ring is 1. The molecule has 0 saturated heterocycles. The molecule has 25 heavy (non-hydrogen) atoms. The fraction of sp³-hybridized carbons (Fsp3) is 0.158. The van der Waals surface area contributed by atoms with Crippen molar-refractivity contribution in [2.24, 2.45) is 0 Å². The molecule has 0 amide bonds. The number of nitrogens with zero attached hydrogens (tertiary/aromatic N) is 2. The van der Waals surface area contributed by atoms with Crippen molar-refractivity contribution < 1.29 is 4.74 Å². The van der Waals surface area contributed by atoms with Crippen LogP contribution in [0.4, 0.5) is 5.82 Å². The zero-order valence-electron chi connectivity index (χ0n) is 13.8. The number of benzene rings is 2. The molecule has 0 spiro atoms. The number of aryl methyl sites for hydroxylation is 1. The number of aromatic amines is 1. The lowest BCUT2D eigenvalue weighted by atomic mass is 10.1. The molecule has 2 heterocycles. The summed E-state index contributed by atoms with van der Waals surface area (Å²) < 4.78 is 7.67. The molecule has 0 unspecified atom stereocenters. The highest BCUT2D eigenvalue weighted by Gasteiger charge is 2.09. The van der Waals surface area contributed by atoms with Gasteiger partial charge in [-0.15, -0.1) is 0 Å². The summed E-state index contributed by atoms with van der Waals surface area (Å²) in [7, 11) is 1.64. The average molecular weight is 350 g/mol. The van der Waals surface area contributed by atoms with Crippen molar-refractivity contribution in [3.05, 3.63) is 59.0 Å². The summed E-state index contributed by atoms with van der Waals surface area (Å²) in [6.45, 7) is 0.673. The van der Waals surface area contributed by atoms with Crippen LogP contribution < -0.4 is 10.5 Å². The molecule has 0 aliphatic carbocycles. The lowest BCUT2D eigenvalue weighted by Gasteiger charge is -2.13. The van der Waals surface area contributed by atoms with Crippen LogP contribution in [0.25, 0.3) is 21.8 Å². The van der Waals surface area contributed by atoms with Gasteiger partial charge in [-0.2, -0.15) is 0 Å². The Kier molecular flexibility index (Phi) is 3.89. The first-order valence-electron chi connectivity index (χ1n) is 8.06. The Balaban J connectivity index is 1.72. The van der Waals surface area contributed by atoms with Gasteiger partial charge in [-0.1, -0.05) is 18.2 Å². The van der Waals surface area contributed by atoms with Crippen LogP contribution in [0.3, 0.4) is 0 Å². The van der Waals surface area contributed by atoms with Gasteiger partial charge in [0.05, 0.1) is 12.6 Å². The van der Waals surface area contributed by atoms with Crippen LogP contribution in [0, 0.1) is 4.77 Å². The van der Waals surface area contributed by atoms with E-state index in [1.807, 2.05) is 41.1 Å². The Hall–Kier alpha value is -2.86. The number of anilines is 1. The van der Waals surface area contributed by atoms with E-state index < -0.39 is 0 Å². The normalized spacial score (nSPS) is 11.2. The van der Waals surface area contributed by atoms with Gasteiger partial charge in [0.2, 0.25) is 4.77 Å². The third kappa shape index (κ3) is 2.74. The molecule has 2 aromatic heterocycles. The van der Waals surface area contributed by atoms with Crippen LogP contribution in [0.2, 0.25) is 0 Å². The number of ether oxygens (including phenoxy) is 1. The number of methoxy groups -OCH3 is 1. The van der Waals surface area contributed by atoms with Gasteiger partial charge in [0, 0.05) is 29.0 Å². The quantitative estimate of drug-likeness (QED) is 0.544. The van der Waals surface area contributed by atoms with Gasteiger partial charge in [-0.05, 0) is 48.5 Å². The Labute approximate surface area is 150 Å². The van der Waals surface area contributed by atoms with E-state index >= 15 is 0 Å². The highest BCUT2D eigenvalue weighted by molar-refractivity contribution is 7.71. The smallest absolute Gasteiger partial charge is 0.201 e. The fourth-order valence-corrected chi connectivity index (χ4v) is 3.43. The molecule has 0 aliphatic heterocycles. The van der Waals surface area contributed by atoms with Crippen molar-refractivity contribution >= 4 is 39.8 Å². The molecule has 2 aromatic carbocycles. The van der Waals surface area contributed by atoms with Crippen molar-refractivity contribution in [3.8, 4) is 5.75 Å². The zero-order valence-corrected chi connectivity index (χ0v) is 14.6. The van der Waals surface area contributed by atoms with Gasteiger partial charge < -0.3 is 20.0 Å². The number of H-pyrrole nitrogens is 1. The van der Waals surface area contributed by atoms with E-state index in [2.05, 4.69) is 22.1 Å². The monoisotopic (exact) mass is 350 g/mol. The van der Waals surface area contributed by atoms with Crippen molar-refractivity contribution in [3.63, 3.8) is 0 Å². The molecule has 0 bridgehead atoms. The van der Waals surface area contributed by atoms with E-state index in [4.69, 9.17) is 22.7 Å². The van der Waals surface area contributed by atoms with Crippen LogP contribution in [-0.2, 0) is 13.0 Å². The second-order valence-electron chi connectivity index (χ2n) is 5.92. The summed E-state index contributed by atoms with van der Waals surface area (Å²) in [6.07, 6.45) is 2.86. The summed E-state index contributed by atoms with van der Waals surface area (Å²) in [5.41, 5.74) is 9.55. The van der Waals surface area contributed by atoms with Gasteiger partial charge in [0.25, 0.3) is 0 Å². The number of hydrogen-bond donors (Lipinski definition) is 2. The zero-order chi connectivity index (χ0) is 17.4. The molecule has 0 atom stereocenters. The van der Waals surface area contributed by atoms with E-state index in [1.165, 1.54) is 10.9 Å². The maximum Gasteiger partial charge on any atom is 0.201 e. The van der Waals surface area contributed by atoms with Crippen molar-refractivity contribution in [2.45, 2.75) is 13.0 Å². The average Bonchev–Trinajstić information content (AvgIpc) is 3.04. The Bertz CT molecular complexity index is 1130. The standard InChI is InChI=1S/C19H18N4OS/c1-24-13-6-7-17-15(10-13)18(20)23(19(25)22-17)9-8-12-11-21-16-5-3-2-4-14(12)16/h2-7,10-11,21H,8-9,20H2,1H3. The summed E-state index contributed by atoms with van der Waals surface area (Å²) in [6, 6.07) is 13.9. The number of hydrogen-bond acceptors (Lipinski definition) is 4. The van der Waals surface area contributed by atoms with E-state index in [1.54, 1.807) is 7.11 Å². The third-order valence-electron chi connectivity index (χ3n) is 4.50. The highest BCUT2D eigenvalue weighted by Crippen LogP contribution is 2.25. The molecule has 6 heteroatoms. The first kappa shape index (κ1) is 15.7. The van der Waals surface area contributed by atoms with E-state index in [0.717, 1.165) is 28.6 Å². The number of fused-ring (bicyclic) bond motifs is 2. The summed E-state index contributed by atoms with van der Waals surface area (Å²) in [4.78, 5) is 7.81. The minimum atomic E-state index is 0.495. The van der Waals surface area contributed by atoms with Gasteiger partial charge in [-0.25, -0.2) is 4.98 Å². The first-order valence-corrected chi connectivity index (χ1v) is 8.47. The largest absolute Gasteiger partial charge is 0.497 e. The number of rotatable bonds is 4. The Morgan fingerprint density at radius 2 is 2.04 bits per heavy atom. The van der Waals surface area contributed by atoms with Crippen LogP contribution >= 0.6 is 12.2 Å². The van der Waals surface area contributed by atoms with E-state index in [-0.39, 0.29) is 0 Å². The van der Waals surface area contributed by atoms with Gasteiger partial charge >= 0.3 is 0 Å². The predicted octanol–water partition coefficient (Wildman–Crippen LogP) is 4.08. The van der Waals surface area contributed by atoms with Gasteiger partial charge in [-0.3, -0.25) is 0 Å². The second kappa shape index (κ2) is 6.22. The Morgan fingerprint density at radius 1 is 1.20 bits per heavy atom. The van der Waals surface area contributed by atoms with E-state index in [9.17, 15) is 0 Å². The molecule has 126 valence electrons. The van der Waals surface area contributed by atoms with Crippen LogP contribution in [0.5, 0.6) is 5.75 Å². The number of nitrogens with two attached hydrogens (primary N) is 1. The molecule has 3 N–H and O–H groups in total. The third-order valence-corrected chi connectivity index (χ3v) is 4.81. The SMILES string of the molecule is COc1ccc2nc(=S)n(CCc3c[nH]c4ccccc34)c(N)c2c1. The summed E-state index contributed by atoms with van der Waals surface area (Å²) in [5.74, 6) is 1.37. The summed E-state index contributed by atoms with van der Waals surface area (Å²) in [5, 5.41) is 2.08. The number of nitrogens with one attached hydrogen (secondary N) is 1. The van der Waals surface area contributed by atoms with Gasteiger partial charge in [0.15, 0.2) is 0 Å². The minimum Gasteiger partial charge on any atom is -0.497 e. The van der Waals surface area contributed by atoms with Crippen molar-refractivity contribution in [1.29, 1.82) is 0 Å². The lowest BCUT2D eigenvalue weighted by Crippen LogP contribution is -2.11.